The Morgan fingerprint density at radius 1 is 1.25 bits per heavy atom. The fourth-order valence-corrected chi connectivity index (χ4v) is 2.33. The Morgan fingerprint density at radius 3 is 2.67 bits per heavy atom. The van der Waals surface area contributed by atoms with Gasteiger partial charge in [-0.2, -0.15) is 5.10 Å². The van der Waals surface area contributed by atoms with Crippen LogP contribution in [0.1, 0.15) is 17.4 Å². The molecule has 1 heterocycles. The minimum Gasteiger partial charge on any atom is -0.490 e. The summed E-state index contributed by atoms with van der Waals surface area (Å²) in [5.41, 5.74) is 7.42. The molecule has 122 valence electrons. The lowest BCUT2D eigenvalue weighted by Crippen LogP contribution is -2.13. The summed E-state index contributed by atoms with van der Waals surface area (Å²) >= 11 is 0. The van der Waals surface area contributed by atoms with Crippen molar-refractivity contribution >= 4 is 5.69 Å². The maximum Gasteiger partial charge on any atom is 0.311 e. The number of ether oxygens (including phenoxy) is 1. The lowest BCUT2D eigenvalue weighted by Gasteiger charge is -2.07. The van der Waals surface area contributed by atoms with Crippen LogP contribution in [0, 0.1) is 10.1 Å². The second-order valence-electron chi connectivity index (χ2n) is 5.08. The van der Waals surface area contributed by atoms with Gasteiger partial charge in [0.15, 0.2) is 11.6 Å². The van der Waals surface area contributed by atoms with Crippen LogP contribution in [0.25, 0.3) is 11.4 Å². The molecule has 1 aromatic heterocycles. The highest BCUT2D eigenvalue weighted by Crippen LogP contribution is 2.31. The topological polar surface area (TPSA) is 120 Å². The Kier molecular flexibility index (Phi) is 4.21. The van der Waals surface area contributed by atoms with Crippen molar-refractivity contribution in [1.82, 2.24) is 15.2 Å². The summed E-state index contributed by atoms with van der Waals surface area (Å²) < 4.78 is 4.99. The van der Waals surface area contributed by atoms with Crippen LogP contribution in [-0.4, -0.2) is 27.2 Å². The second-order valence-corrected chi connectivity index (χ2v) is 5.08. The molecule has 0 amide bonds. The first-order valence-corrected chi connectivity index (χ1v) is 7.15. The smallest absolute Gasteiger partial charge is 0.311 e. The van der Waals surface area contributed by atoms with Gasteiger partial charge in [-0.1, -0.05) is 30.3 Å². The van der Waals surface area contributed by atoms with Crippen LogP contribution in [0.4, 0.5) is 5.69 Å². The molecule has 1 atom stereocenters. The van der Waals surface area contributed by atoms with Crippen LogP contribution >= 0.6 is 0 Å². The molecule has 0 aliphatic carbocycles. The van der Waals surface area contributed by atoms with Crippen molar-refractivity contribution in [2.24, 2.45) is 5.73 Å². The molecule has 8 heteroatoms. The van der Waals surface area contributed by atoms with Crippen molar-refractivity contribution in [2.45, 2.75) is 6.04 Å². The molecule has 8 nitrogen and oxygen atoms in total. The van der Waals surface area contributed by atoms with E-state index in [9.17, 15) is 10.1 Å². The molecule has 0 aliphatic rings. The SMILES string of the molecule is COc1ccc(-c2n[nH]c([C@H](N)c3ccccc3)n2)cc1[N+](=O)[O-]. The molecule has 24 heavy (non-hydrogen) atoms. The number of aromatic amines is 1. The van der Waals surface area contributed by atoms with Crippen LogP contribution < -0.4 is 10.5 Å². The molecular formula is C16H15N5O3. The van der Waals surface area contributed by atoms with Gasteiger partial charge in [0.25, 0.3) is 0 Å². The number of hydrogen-bond donors (Lipinski definition) is 2. The number of rotatable bonds is 5. The van der Waals surface area contributed by atoms with Crippen molar-refractivity contribution in [3.05, 3.63) is 70.0 Å². The summed E-state index contributed by atoms with van der Waals surface area (Å²) in [6.45, 7) is 0. The van der Waals surface area contributed by atoms with Crippen LogP contribution in [0.15, 0.2) is 48.5 Å². The second kappa shape index (κ2) is 6.47. The molecule has 0 bridgehead atoms. The van der Waals surface area contributed by atoms with Gasteiger partial charge in [0.05, 0.1) is 18.1 Å². The maximum absolute atomic E-state index is 11.1. The molecule has 0 saturated heterocycles. The van der Waals surface area contributed by atoms with Crippen molar-refractivity contribution in [1.29, 1.82) is 0 Å². The van der Waals surface area contributed by atoms with Gasteiger partial charge in [0.2, 0.25) is 0 Å². The Balaban J connectivity index is 1.93. The molecule has 0 saturated carbocycles. The number of nitrogens with zero attached hydrogens (tertiary/aromatic N) is 3. The van der Waals surface area contributed by atoms with Crippen LogP contribution in [0.2, 0.25) is 0 Å². The van der Waals surface area contributed by atoms with E-state index < -0.39 is 11.0 Å². The molecule has 0 unspecified atom stereocenters. The zero-order valence-electron chi connectivity index (χ0n) is 12.8. The Hall–Kier alpha value is -3.26. The van der Waals surface area contributed by atoms with Gasteiger partial charge >= 0.3 is 5.69 Å². The first-order valence-electron chi connectivity index (χ1n) is 7.15. The highest BCUT2D eigenvalue weighted by molar-refractivity contribution is 5.63. The highest BCUT2D eigenvalue weighted by atomic mass is 16.6. The van der Waals surface area contributed by atoms with Crippen LogP contribution in [0.5, 0.6) is 5.75 Å². The quantitative estimate of drug-likeness (QED) is 0.549. The maximum atomic E-state index is 11.1. The zero-order chi connectivity index (χ0) is 17.1. The monoisotopic (exact) mass is 325 g/mol. The largest absolute Gasteiger partial charge is 0.490 e. The average Bonchev–Trinajstić information content (AvgIpc) is 3.11. The van der Waals surface area contributed by atoms with Crippen molar-refractivity contribution in [3.8, 4) is 17.1 Å². The summed E-state index contributed by atoms with van der Waals surface area (Å²) in [5.74, 6) is 0.998. The molecule has 0 fully saturated rings. The lowest BCUT2D eigenvalue weighted by atomic mass is 10.1. The fourth-order valence-electron chi connectivity index (χ4n) is 2.33. The number of H-pyrrole nitrogens is 1. The molecule has 3 N–H and O–H groups in total. The number of nitro groups is 1. The summed E-state index contributed by atoms with van der Waals surface area (Å²) in [6.07, 6.45) is 0. The summed E-state index contributed by atoms with van der Waals surface area (Å²) in [5, 5.41) is 18.0. The van der Waals surface area contributed by atoms with E-state index in [0.717, 1.165) is 5.56 Å². The van der Waals surface area contributed by atoms with Crippen LogP contribution in [0.3, 0.4) is 0 Å². The van der Waals surface area contributed by atoms with E-state index in [0.29, 0.717) is 17.2 Å². The number of aromatic nitrogens is 3. The van der Waals surface area contributed by atoms with Gasteiger partial charge in [0.1, 0.15) is 5.82 Å². The molecule has 0 spiro atoms. The summed E-state index contributed by atoms with van der Waals surface area (Å²) in [7, 11) is 1.38. The Labute approximate surface area is 137 Å². The minimum atomic E-state index is -0.508. The van der Waals surface area contributed by atoms with E-state index in [4.69, 9.17) is 10.5 Å². The first-order chi connectivity index (χ1) is 11.6. The third-order valence-electron chi connectivity index (χ3n) is 3.59. The van der Waals surface area contributed by atoms with Crippen LogP contribution in [-0.2, 0) is 0 Å². The predicted octanol–water partition coefficient (Wildman–Crippen LogP) is 2.44. The average molecular weight is 325 g/mol. The lowest BCUT2D eigenvalue weighted by molar-refractivity contribution is -0.385. The van der Waals surface area contributed by atoms with Gasteiger partial charge < -0.3 is 10.5 Å². The van der Waals surface area contributed by atoms with Gasteiger partial charge in [-0.15, -0.1) is 0 Å². The van der Waals surface area contributed by atoms with Crippen molar-refractivity contribution < 1.29 is 9.66 Å². The van der Waals surface area contributed by atoms with Gasteiger partial charge in [-0.25, -0.2) is 4.98 Å². The summed E-state index contributed by atoms with van der Waals surface area (Å²) in [4.78, 5) is 15.0. The molecule has 3 aromatic rings. The molecule has 0 radical (unpaired) electrons. The van der Waals surface area contributed by atoms with Gasteiger partial charge in [0, 0.05) is 11.6 Å². The molecular weight excluding hydrogens is 310 g/mol. The summed E-state index contributed by atoms with van der Waals surface area (Å²) in [6, 6.07) is 13.6. The standard InChI is InChI=1S/C16H15N5O3/c1-24-13-8-7-11(9-12(13)21(22)23)15-18-16(20-19-15)14(17)10-5-3-2-4-6-10/h2-9,14H,17H2,1H3,(H,18,19,20)/t14-/m1/s1. The van der Waals surface area contributed by atoms with E-state index in [1.165, 1.54) is 19.2 Å². The molecule has 3 rings (SSSR count). The van der Waals surface area contributed by atoms with E-state index in [2.05, 4.69) is 15.2 Å². The number of nitrogens with one attached hydrogen (secondary N) is 1. The highest BCUT2D eigenvalue weighted by Gasteiger charge is 2.19. The first kappa shape index (κ1) is 15.6. The Morgan fingerprint density at radius 2 is 2.00 bits per heavy atom. The fraction of sp³-hybridized carbons (Fsp3) is 0.125. The van der Waals surface area contributed by atoms with E-state index in [-0.39, 0.29) is 11.4 Å². The van der Waals surface area contributed by atoms with E-state index in [1.807, 2.05) is 30.3 Å². The van der Waals surface area contributed by atoms with E-state index in [1.54, 1.807) is 6.07 Å². The van der Waals surface area contributed by atoms with Gasteiger partial charge in [-0.3, -0.25) is 15.2 Å². The zero-order valence-corrected chi connectivity index (χ0v) is 12.8. The van der Waals surface area contributed by atoms with Crippen molar-refractivity contribution in [2.75, 3.05) is 7.11 Å². The number of nitrogens with two attached hydrogens (primary N) is 1. The number of hydrogen-bond acceptors (Lipinski definition) is 6. The van der Waals surface area contributed by atoms with Gasteiger partial charge in [-0.05, 0) is 17.7 Å². The Bertz CT molecular complexity index is 863. The minimum absolute atomic E-state index is 0.145. The molecule has 0 aliphatic heterocycles. The number of nitro benzene ring substituents is 1. The number of benzene rings is 2. The predicted molar refractivity (Wildman–Crippen MR) is 87.5 cm³/mol. The van der Waals surface area contributed by atoms with Crippen molar-refractivity contribution in [3.63, 3.8) is 0 Å². The third-order valence-corrected chi connectivity index (χ3v) is 3.59. The third kappa shape index (κ3) is 2.95. The normalized spacial score (nSPS) is 11.9. The van der Waals surface area contributed by atoms with E-state index >= 15 is 0 Å². The number of methoxy groups -OCH3 is 1. The molecule has 2 aromatic carbocycles.